The van der Waals surface area contributed by atoms with Gasteiger partial charge >= 0.3 is 0 Å². The average Bonchev–Trinajstić information content (AvgIpc) is 2.44. The van der Waals surface area contributed by atoms with E-state index in [-0.39, 0.29) is 5.25 Å². The summed E-state index contributed by atoms with van der Waals surface area (Å²) in [6.07, 6.45) is 8.95. The summed E-state index contributed by atoms with van der Waals surface area (Å²) in [5, 5.41) is -0.380. The van der Waals surface area contributed by atoms with Crippen LogP contribution in [0.1, 0.15) is 36.5 Å². The van der Waals surface area contributed by atoms with Crippen molar-refractivity contribution < 1.29 is 8.42 Å². The molecule has 4 nitrogen and oxygen atoms in total. The van der Waals surface area contributed by atoms with Crippen LogP contribution in [0.15, 0.2) is 23.3 Å². The third-order valence-corrected chi connectivity index (χ3v) is 5.58. The lowest BCUT2D eigenvalue weighted by molar-refractivity contribution is 0.590. The molecule has 1 aliphatic rings. The fraction of sp³-hybridized carbons (Fsp3) is 0.500. The van der Waals surface area contributed by atoms with Crippen LogP contribution >= 0.6 is 0 Å². The third-order valence-electron chi connectivity index (χ3n) is 4.09. The van der Waals surface area contributed by atoms with Crippen LogP contribution in [0.5, 0.6) is 0 Å². The standard InChI is InChI=1S/C16H22N2O2S/c1-5-13-10-17-16(12(3)11(13)2)18-14-6-8-15(9-7-14)21(4,19)20/h6,8,10,15H,5,7,9H2,1-4H3. The van der Waals surface area contributed by atoms with Gasteiger partial charge in [-0.25, -0.2) is 18.4 Å². The highest BCUT2D eigenvalue weighted by Gasteiger charge is 2.21. The molecule has 21 heavy (non-hydrogen) atoms. The average molecular weight is 306 g/mol. The molecule has 0 spiro atoms. The molecular formula is C16H22N2O2S. The predicted molar refractivity (Wildman–Crippen MR) is 87.2 cm³/mol. The fourth-order valence-electron chi connectivity index (χ4n) is 2.48. The fourth-order valence-corrected chi connectivity index (χ4v) is 3.39. The maximum atomic E-state index is 11.5. The molecule has 1 unspecified atom stereocenters. The highest BCUT2D eigenvalue weighted by atomic mass is 32.2. The predicted octanol–water partition coefficient (Wildman–Crippen LogP) is 3.10. The number of sulfone groups is 1. The van der Waals surface area contributed by atoms with E-state index in [1.165, 1.54) is 17.4 Å². The molecule has 1 heterocycles. The summed E-state index contributed by atoms with van der Waals surface area (Å²) in [6.45, 7) is 6.24. The van der Waals surface area contributed by atoms with E-state index < -0.39 is 9.84 Å². The minimum atomic E-state index is -3.00. The molecule has 114 valence electrons. The van der Waals surface area contributed by atoms with Crippen LogP contribution in [0.25, 0.3) is 0 Å². The lowest BCUT2D eigenvalue weighted by Gasteiger charge is -2.16. The number of pyridine rings is 1. The number of hydrogen-bond acceptors (Lipinski definition) is 4. The summed E-state index contributed by atoms with van der Waals surface area (Å²) in [7, 11) is -3.00. The Hall–Kier alpha value is -1.49. The van der Waals surface area contributed by atoms with Gasteiger partial charge in [0.05, 0.1) is 5.25 Å². The van der Waals surface area contributed by atoms with E-state index in [9.17, 15) is 8.42 Å². The van der Waals surface area contributed by atoms with Crippen molar-refractivity contribution in [3.63, 3.8) is 0 Å². The molecule has 0 aliphatic heterocycles. The van der Waals surface area contributed by atoms with Crippen molar-refractivity contribution in [2.45, 2.75) is 45.3 Å². The van der Waals surface area contributed by atoms with Gasteiger partial charge in [0.15, 0.2) is 15.7 Å². The Morgan fingerprint density at radius 1 is 1.33 bits per heavy atom. The van der Waals surface area contributed by atoms with Gasteiger partial charge in [-0.1, -0.05) is 13.0 Å². The Morgan fingerprint density at radius 3 is 2.57 bits per heavy atom. The smallest absolute Gasteiger partial charge is 0.155 e. The van der Waals surface area contributed by atoms with Crippen LogP contribution in [0.3, 0.4) is 0 Å². The van der Waals surface area contributed by atoms with Gasteiger partial charge in [-0.3, -0.25) is 0 Å². The molecule has 1 aromatic heterocycles. The van der Waals surface area contributed by atoms with Crippen molar-refractivity contribution in [1.29, 1.82) is 0 Å². The summed E-state index contributed by atoms with van der Waals surface area (Å²) in [5.41, 5.74) is 4.48. The Balaban J connectivity index is 2.29. The molecule has 1 aliphatic carbocycles. The second-order valence-electron chi connectivity index (χ2n) is 5.58. The summed E-state index contributed by atoms with van der Waals surface area (Å²) in [5.74, 6) is 0.738. The highest BCUT2D eigenvalue weighted by Crippen LogP contribution is 2.24. The molecule has 1 aromatic rings. The van der Waals surface area contributed by atoms with Crippen LogP contribution in [0.2, 0.25) is 0 Å². The molecule has 0 fully saturated rings. The first-order chi connectivity index (χ1) is 9.82. The number of allylic oxidation sites excluding steroid dienone is 1. The number of aromatic nitrogens is 1. The number of hydrogen-bond donors (Lipinski definition) is 0. The zero-order valence-corrected chi connectivity index (χ0v) is 13.9. The molecule has 1 atom stereocenters. The molecule has 2 rings (SSSR count). The van der Waals surface area contributed by atoms with Gasteiger partial charge in [-0.2, -0.15) is 0 Å². The van der Waals surface area contributed by atoms with Crippen LogP contribution < -0.4 is 0 Å². The van der Waals surface area contributed by atoms with Crippen LogP contribution in [0, 0.1) is 13.8 Å². The topological polar surface area (TPSA) is 59.4 Å². The molecule has 0 N–H and O–H groups in total. The molecule has 0 amide bonds. The molecule has 0 saturated carbocycles. The van der Waals surface area contributed by atoms with E-state index >= 15 is 0 Å². The molecule has 5 heteroatoms. The molecular weight excluding hydrogens is 284 g/mol. The van der Waals surface area contributed by atoms with E-state index in [0.29, 0.717) is 12.8 Å². The maximum Gasteiger partial charge on any atom is 0.155 e. The normalized spacial score (nSPS) is 21.0. The van der Waals surface area contributed by atoms with Gasteiger partial charge in [-0.15, -0.1) is 0 Å². The van der Waals surface area contributed by atoms with E-state index in [0.717, 1.165) is 23.5 Å². The molecule has 0 aromatic carbocycles. The molecule has 0 radical (unpaired) electrons. The van der Waals surface area contributed by atoms with E-state index in [1.54, 1.807) is 6.08 Å². The zero-order valence-electron chi connectivity index (χ0n) is 13.0. The number of nitrogens with zero attached hydrogens (tertiary/aromatic N) is 2. The summed E-state index contributed by atoms with van der Waals surface area (Å²) in [4.78, 5) is 9.03. The van der Waals surface area contributed by atoms with Gasteiger partial charge in [0.1, 0.15) is 0 Å². The van der Waals surface area contributed by atoms with E-state index in [2.05, 4.69) is 23.8 Å². The Kier molecular flexibility index (Phi) is 4.61. The summed E-state index contributed by atoms with van der Waals surface area (Å²) >= 11 is 0. The van der Waals surface area contributed by atoms with Crippen molar-refractivity contribution in [3.05, 3.63) is 35.0 Å². The minimum absolute atomic E-state index is 0.380. The molecule has 0 bridgehead atoms. The second kappa shape index (κ2) is 6.10. The zero-order chi connectivity index (χ0) is 15.6. The van der Waals surface area contributed by atoms with Crippen molar-refractivity contribution in [2.24, 2.45) is 4.99 Å². The first kappa shape index (κ1) is 15.9. The van der Waals surface area contributed by atoms with Crippen LogP contribution in [0.4, 0.5) is 5.82 Å². The van der Waals surface area contributed by atoms with Gasteiger partial charge in [-0.05, 0) is 55.9 Å². The number of rotatable bonds is 3. The van der Waals surface area contributed by atoms with Crippen molar-refractivity contribution >= 4 is 21.4 Å². The highest BCUT2D eigenvalue weighted by molar-refractivity contribution is 7.91. The van der Waals surface area contributed by atoms with E-state index in [1.807, 2.05) is 19.2 Å². The maximum absolute atomic E-state index is 11.5. The summed E-state index contributed by atoms with van der Waals surface area (Å²) < 4.78 is 23.0. The second-order valence-corrected chi connectivity index (χ2v) is 7.84. The Bertz CT molecular complexity index is 703. The Labute approximate surface area is 126 Å². The van der Waals surface area contributed by atoms with Crippen LogP contribution in [-0.2, 0) is 16.3 Å². The monoisotopic (exact) mass is 306 g/mol. The van der Waals surface area contributed by atoms with Crippen molar-refractivity contribution in [1.82, 2.24) is 4.98 Å². The number of aryl methyl sites for hydroxylation is 1. The molecule has 0 saturated heterocycles. The first-order valence-corrected chi connectivity index (χ1v) is 9.18. The lowest BCUT2D eigenvalue weighted by Crippen LogP contribution is -2.21. The van der Waals surface area contributed by atoms with Gasteiger partial charge < -0.3 is 0 Å². The minimum Gasteiger partial charge on any atom is -0.237 e. The first-order valence-electron chi connectivity index (χ1n) is 7.22. The largest absolute Gasteiger partial charge is 0.237 e. The third kappa shape index (κ3) is 3.59. The number of aliphatic imine (C=N–C) groups is 1. The van der Waals surface area contributed by atoms with Gasteiger partial charge in [0.25, 0.3) is 0 Å². The van der Waals surface area contributed by atoms with Crippen molar-refractivity contribution in [3.8, 4) is 0 Å². The Morgan fingerprint density at radius 2 is 2.05 bits per heavy atom. The van der Waals surface area contributed by atoms with E-state index in [4.69, 9.17) is 0 Å². The van der Waals surface area contributed by atoms with Gasteiger partial charge in [0, 0.05) is 18.2 Å². The lowest BCUT2D eigenvalue weighted by atomic mass is 10.0. The summed E-state index contributed by atoms with van der Waals surface area (Å²) in [6, 6.07) is 0. The quantitative estimate of drug-likeness (QED) is 0.862. The van der Waals surface area contributed by atoms with Gasteiger partial charge in [0.2, 0.25) is 0 Å². The SMILES string of the molecule is CCc1cnc(N=C2C=CC(S(C)(=O)=O)CC2)c(C)c1C. The van der Waals surface area contributed by atoms with Crippen LogP contribution in [-0.4, -0.2) is 30.6 Å². The van der Waals surface area contributed by atoms with Crippen molar-refractivity contribution in [2.75, 3.05) is 6.26 Å².